The van der Waals surface area contributed by atoms with Gasteiger partial charge >= 0.3 is 0 Å². The third kappa shape index (κ3) is 4.16. The summed E-state index contributed by atoms with van der Waals surface area (Å²) in [5.41, 5.74) is 0.518. The molecule has 0 unspecified atom stereocenters. The molecule has 0 atom stereocenters. The Kier molecular flexibility index (Phi) is 5.20. The van der Waals surface area contributed by atoms with E-state index in [1.165, 1.54) is 6.07 Å². The fourth-order valence-electron chi connectivity index (χ4n) is 1.32. The molecule has 94 valence electrons. The first-order valence-corrected chi connectivity index (χ1v) is 6.38. The maximum Gasteiger partial charge on any atom is 0.253 e. The highest BCUT2D eigenvalue weighted by Gasteiger charge is 2.13. The van der Waals surface area contributed by atoms with E-state index >= 15 is 0 Å². The number of phenols is 1. The van der Waals surface area contributed by atoms with Gasteiger partial charge in [0.25, 0.3) is 5.91 Å². The Morgan fingerprint density at radius 3 is 2.47 bits per heavy atom. The van der Waals surface area contributed by atoms with Gasteiger partial charge in [0.05, 0.1) is 3.57 Å². The summed E-state index contributed by atoms with van der Waals surface area (Å²) in [6.07, 6.45) is 0. The van der Waals surface area contributed by atoms with Gasteiger partial charge in [-0.05, 0) is 54.9 Å². The van der Waals surface area contributed by atoms with Gasteiger partial charge in [0.1, 0.15) is 5.75 Å². The van der Waals surface area contributed by atoms with Crippen molar-refractivity contribution in [1.82, 2.24) is 9.80 Å². The molecule has 1 aromatic rings. The quantitative estimate of drug-likeness (QED) is 0.842. The number of halogens is 1. The van der Waals surface area contributed by atoms with Gasteiger partial charge in [0.15, 0.2) is 0 Å². The Morgan fingerprint density at radius 1 is 1.29 bits per heavy atom. The molecule has 1 rings (SSSR count). The van der Waals surface area contributed by atoms with Gasteiger partial charge in [-0.2, -0.15) is 0 Å². The van der Waals surface area contributed by atoms with Crippen molar-refractivity contribution in [2.45, 2.75) is 0 Å². The van der Waals surface area contributed by atoms with Gasteiger partial charge in [-0.15, -0.1) is 0 Å². The van der Waals surface area contributed by atoms with Crippen LogP contribution in [-0.4, -0.2) is 55.0 Å². The van der Waals surface area contributed by atoms with Crippen LogP contribution in [0, 0.1) is 3.57 Å². The van der Waals surface area contributed by atoms with Crippen LogP contribution in [0.25, 0.3) is 0 Å². The number of benzene rings is 1. The third-order valence-corrected chi connectivity index (χ3v) is 3.33. The maximum atomic E-state index is 12.0. The Bertz CT molecular complexity index is 407. The van der Waals surface area contributed by atoms with Gasteiger partial charge in [0, 0.05) is 25.7 Å². The van der Waals surface area contributed by atoms with Crippen molar-refractivity contribution < 1.29 is 9.90 Å². The fourth-order valence-corrected chi connectivity index (χ4v) is 1.65. The summed E-state index contributed by atoms with van der Waals surface area (Å²) in [5.74, 6) is 0.0796. The molecule has 5 heteroatoms. The molecule has 17 heavy (non-hydrogen) atoms. The molecular formula is C12H17IN2O2. The van der Waals surface area contributed by atoms with Gasteiger partial charge < -0.3 is 14.9 Å². The molecule has 0 spiro atoms. The smallest absolute Gasteiger partial charge is 0.253 e. The van der Waals surface area contributed by atoms with E-state index < -0.39 is 0 Å². The van der Waals surface area contributed by atoms with E-state index in [0.29, 0.717) is 12.1 Å². The average molecular weight is 348 g/mol. The summed E-state index contributed by atoms with van der Waals surface area (Å²) in [5, 5.41) is 9.56. The highest BCUT2D eigenvalue weighted by atomic mass is 127. The summed E-state index contributed by atoms with van der Waals surface area (Å²) < 4.78 is 0.745. The van der Waals surface area contributed by atoms with Gasteiger partial charge in [-0.3, -0.25) is 4.79 Å². The molecule has 0 aromatic heterocycles. The van der Waals surface area contributed by atoms with E-state index in [4.69, 9.17) is 0 Å². The van der Waals surface area contributed by atoms with Gasteiger partial charge in [0.2, 0.25) is 0 Å². The average Bonchev–Trinajstić information content (AvgIpc) is 2.28. The van der Waals surface area contributed by atoms with Crippen LogP contribution in [0.15, 0.2) is 18.2 Å². The standard InChI is InChI=1S/C12H17IN2O2/c1-14(2)6-7-15(3)12(17)9-4-5-10(13)11(16)8-9/h4-5,8,16H,6-7H2,1-3H3. The molecule has 1 amide bonds. The van der Waals surface area contributed by atoms with Crippen molar-refractivity contribution in [2.24, 2.45) is 0 Å². The largest absolute Gasteiger partial charge is 0.507 e. The van der Waals surface area contributed by atoms with Crippen LogP contribution in [0.3, 0.4) is 0 Å². The lowest BCUT2D eigenvalue weighted by atomic mass is 10.2. The minimum atomic E-state index is -0.0708. The Labute approximate surface area is 115 Å². The number of carbonyl (C=O) groups is 1. The number of likely N-dealkylation sites (N-methyl/N-ethyl adjacent to an activating group) is 2. The zero-order valence-electron chi connectivity index (χ0n) is 10.3. The Balaban J connectivity index is 2.71. The number of hydrogen-bond donors (Lipinski definition) is 1. The zero-order valence-corrected chi connectivity index (χ0v) is 12.4. The minimum absolute atomic E-state index is 0.0708. The second-order valence-corrected chi connectivity index (χ2v) is 5.36. The maximum absolute atomic E-state index is 12.0. The first-order chi connectivity index (χ1) is 7.91. The van der Waals surface area contributed by atoms with E-state index in [9.17, 15) is 9.90 Å². The van der Waals surface area contributed by atoms with Crippen LogP contribution in [0.2, 0.25) is 0 Å². The van der Waals surface area contributed by atoms with E-state index in [2.05, 4.69) is 0 Å². The van der Waals surface area contributed by atoms with Crippen molar-refractivity contribution in [3.8, 4) is 5.75 Å². The molecule has 0 saturated heterocycles. The number of aromatic hydroxyl groups is 1. The summed E-state index contributed by atoms with van der Waals surface area (Å²) in [7, 11) is 5.70. The van der Waals surface area contributed by atoms with Crippen molar-refractivity contribution in [1.29, 1.82) is 0 Å². The van der Waals surface area contributed by atoms with Gasteiger partial charge in [-0.1, -0.05) is 0 Å². The van der Waals surface area contributed by atoms with Crippen molar-refractivity contribution in [3.63, 3.8) is 0 Å². The van der Waals surface area contributed by atoms with Crippen LogP contribution in [0.4, 0.5) is 0 Å². The van der Waals surface area contributed by atoms with Crippen LogP contribution >= 0.6 is 22.6 Å². The van der Waals surface area contributed by atoms with E-state index in [-0.39, 0.29) is 11.7 Å². The lowest BCUT2D eigenvalue weighted by Crippen LogP contribution is -2.33. The predicted molar refractivity (Wildman–Crippen MR) is 76.3 cm³/mol. The SMILES string of the molecule is CN(C)CCN(C)C(=O)c1ccc(I)c(O)c1. The molecular weight excluding hydrogens is 331 g/mol. The normalized spacial score (nSPS) is 10.6. The van der Waals surface area contributed by atoms with Crippen LogP contribution in [0.5, 0.6) is 5.75 Å². The topological polar surface area (TPSA) is 43.8 Å². The summed E-state index contributed by atoms with van der Waals surface area (Å²) in [4.78, 5) is 15.7. The molecule has 0 heterocycles. The van der Waals surface area contributed by atoms with E-state index in [1.807, 2.05) is 41.6 Å². The first-order valence-electron chi connectivity index (χ1n) is 5.30. The summed E-state index contributed by atoms with van der Waals surface area (Å²) in [6.45, 7) is 1.48. The fraction of sp³-hybridized carbons (Fsp3) is 0.417. The number of phenolic OH excluding ortho intramolecular Hbond substituents is 1. The number of carbonyl (C=O) groups excluding carboxylic acids is 1. The predicted octanol–water partition coefficient (Wildman–Crippen LogP) is 1.63. The molecule has 0 aliphatic carbocycles. The Morgan fingerprint density at radius 2 is 1.94 bits per heavy atom. The molecule has 0 radical (unpaired) electrons. The monoisotopic (exact) mass is 348 g/mol. The lowest BCUT2D eigenvalue weighted by Gasteiger charge is -2.19. The third-order valence-electron chi connectivity index (χ3n) is 2.42. The highest BCUT2D eigenvalue weighted by molar-refractivity contribution is 14.1. The summed E-state index contributed by atoms with van der Waals surface area (Å²) >= 11 is 2.03. The molecule has 4 nitrogen and oxygen atoms in total. The number of nitrogens with zero attached hydrogens (tertiary/aromatic N) is 2. The number of amides is 1. The molecule has 0 aliphatic rings. The minimum Gasteiger partial charge on any atom is -0.507 e. The van der Waals surface area contributed by atoms with Crippen molar-refractivity contribution in [3.05, 3.63) is 27.3 Å². The number of hydrogen-bond acceptors (Lipinski definition) is 3. The first kappa shape index (κ1) is 14.2. The summed E-state index contributed by atoms with van der Waals surface area (Å²) in [6, 6.07) is 4.98. The molecule has 1 N–H and O–H groups in total. The van der Waals surface area contributed by atoms with E-state index in [0.717, 1.165) is 10.1 Å². The highest BCUT2D eigenvalue weighted by Crippen LogP contribution is 2.21. The Hall–Kier alpha value is -0.820. The molecule has 0 aliphatic heterocycles. The van der Waals surface area contributed by atoms with Crippen LogP contribution < -0.4 is 0 Å². The lowest BCUT2D eigenvalue weighted by molar-refractivity contribution is 0.0786. The van der Waals surface area contributed by atoms with Crippen molar-refractivity contribution >= 4 is 28.5 Å². The van der Waals surface area contributed by atoms with E-state index in [1.54, 1.807) is 24.1 Å². The number of rotatable bonds is 4. The second kappa shape index (κ2) is 6.20. The van der Waals surface area contributed by atoms with Gasteiger partial charge in [-0.25, -0.2) is 0 Å². The van der Waals surface area contributed by atoms with Crippen LogP contribution in [-0.2, 0) is 0 Å². The zero-order chi connectivity index (χ0) is 13.0. The molecule has 0 bridgehead atoms. The van der Waals surface area contributed by atoms with Crippen LogP contribution in [0.1, 0.15) is 10.4 Å². The molecule has 0 fully saturated rings. The second-order valence-electron chi connectivity index (χ2n) is 4.20. The molecule has 1 aromatic carbocycles. The molecule has 0 saturated carbocycles. The van der Waals surface area contributed by atoms with Crippen molar-refractivity contribution in [2.75, 3.05) is 34.2 Å².